The summed E-state index contributed by atoms with van der Waals surface area (Å²) in [5.74, 6) is 0.820. The first-order chi connectivity index (χ1) is 8.90. The Bertz CT molecular complexity index is 809. The molecule has 0 bridgehead atoms. The molecule has 0 aliphatic carbocycles. The van der Waals surface area contributed by atoms with Crippen LogP contribution in [0.3, 0.4) is 0 Å². The van der Waals surface area contributed by atoms with E-state index in [1.165, 1.54) is 0 Å². The highest BCUT2D eigenvalue weighted by Crippen LogP contribution is 2.22. The van der Waals surface area contributed by atoms with Crippen LogP contribution >= 0.6 is 0 Å². The first-order valence-electron chi connectivity index (χ1n) is 5.64. The normalized spacial score (nSPS) is 11.3. The summed E-state index contributed by atoms with van der Waals surface area (Å²) in [4.78, 5) is 19.3. The van der Waals surface area contributed by atoms with Gasteiger partial charge in [-0.3, -0.25) is 0 Å². The van der Waals surface area contributed by atoms with Gasteiger partial charge in [0, 0.05) is 11.8 Å². The van der Waals surface area contributed by atoms with Crippen molar-refractivity contribution >= 4 is 22.2 Å². The largest absolute Gasteiger partial charge is 0.345 e. The molecule has 0 saturated heterocycles. The standard InChI is InChI=1S/C13H9N5/c1-2-10-13(14-5-1)18-12(17-10)8-3-4-9-11(6-8)16-7-15-9/h1-7H,(H,15,16)(H,14,17,18). The third-order valence-corrected chi connectivity index (χ3v) is 2.95. The van der Waals surface area contributed by atoms with Crippen molar-refractivity contribution in [2.75, 3.05) is 0 Å². The van der Waals surface area contributed by atoms with Gasteiger partial charge in [-0.25, -0.2) is 15.0 Å². The van der Waals surface area contributed by atoms with Crippen LogP contribution in [-0.4, -0.2) is 24.9 Å². The summed E-state index contributed by atoms with van der Waals surface area (Å²) in [6.07, 6.45) is 3.44. The molecule has 3 heterocycles. The van der Waals surface area contributed by atoms with Crippen LogP contribution in [0.4, 0.5) is 0 Å². The van der Waals surface area contributed by atoms with E-state index in [0.29, 0.717) is 0 Å². The summed E-state index contributed by atoms with van der Waals surface area (Å²) >= 11 is 0. The van der Waals surface area contributed by atoms with E-state index in [9.17, 15) is 0 Å². The zero-order valence-corrected chi connectivity index (χ0v) is 9.38. The van der Waals surface area contributed by atoms with Crippen molar-refractivity contribution in [1.82, 2.24) is 24.9 Å². The molecule has 4 aromatic rings. The van der Waals surface area contributed by atoms with Crippen LogP contribution in [0.1, 0.15) is 0 Å². The Morgan fingerprint density at radius 3 is 2.94 bits per heavy atom. The van der Waals surface area contributed by atoms with Crippen LogP contribution in [0.2, 0.25) is 0 Å². The molecule has 5 nitrogen and oxygen atoms in total. The molecule has 0 aliphatic heterocycles. The van der Waals surface area contributed by atoms with Crippen molar-refractivity contribution in [3.05, 3.63) is 42.9 Å². The van der Waals surface area contributed by atoms with Crippen molar-refractivity contribution in [2.45, 2.75) is 0 Å². The van der Waals surface area contributed by atoms with Crippen LogP contribution in [-0.2, 0) is 0 Å². The van der Waals surface area contributed by atoms with Crippen LogP contribution in [0, 0.1) is 0 Å². The van der Waals surface area contributed by atoms with Crippen LogP contribution < -0.4 is 0 Å². The highest BCUT2D eigenvalue weighted by Gasteiger charge is 2.06. The van der Waals surface area contributed by atoms with E-state index in [1.807, 2.05) is 30.3 Å². The van der Waals surface area contributed by atoms with Gasteiger partial charge in [-0.05, 0) is 30.3 Å². The van der Waals surface area contributed by atoms with Crippen molar-refractivity contribution < 1.29 is 0 Å². The summed E-state index contributed by atoms with van der Waals surface area (Å²) in [5, 5.41) is 0. The summed E-state index contributed by atoms with van der Waals surface area (Å²) in [5.41, 5.74) is 4.65. The minimum Gasteiger partial charge on any atom is -0.345 e. The molecule has 18 heavy (non-hydrogen) atoms. The van der Waals surface area contributed by atoms with Gasteiger partial charge in [-0.2, -0.15) is 0 Å². The molecule has 1 aromatic carbocycles. The number of H-pyrrole nitrogens is 2. The topological polar surface area (TPSA) is 70.2 Å². The van der Waals surface area contributed by atoms with Gasteiger partial charge in [-0.15, -0.1) is 0 Å². The first kappa shape index (κ1) is 9.35. The smallest absolute Gasteiger partial charge is 0.157 e. The maximum atomic E-state index is 4.52. The Balaban J connectivity index is 1.94. The van der Waals surface area contributed by atoms with Gasteiger partial charge in [-0.1, -0.05) is 0 Å². The number of nitrogens with zero attached hydrogens (tertiary/aromatic N) is 3. The number of aromatic nitrogens is 5. The monoisotopic (exact) mass is 235 g/mol. The fourth-order valence-electron chi connectivity index (χ4n) is 2.06. The molecule has 0 unspecified atom stereocenters. The SMILES string of the molecule is c1cnc2[nH]c(-c3ccc4nc[nH]c4c3)nc2c1. The summed E-state index contributed by atoms with van der Waals surface area (Å²) in [7, 11) is 0. The van der Waals surface area contributed by atoms with E-state index in [-0.39, 0.29) is 0 Å². The number of hydrogen-bond donors (Lipinski definition) is 2. The quantitative estimate of drug-likeness (QED) is 0.532. The Kier molecular flexibility index (Phi) is 1.77. The lowest BCUT2D eigenvalue weighted by Gasteiger charge is -1.95. The molecule has 4 rings (SSSR count). The van der Waals surface area contributed by atoms with Gasteiger partial charge in [0.2, 0.25) is 0 Å². The van der Waals surface area contributed by atoms with Gasteiger partial charge in [0.15, 0.2) is 5.65 Å². The molecular weight excluding hydrogens is 226 g/mol. The molecule has 2 N–H and O–H groups in total. The molecule has 3 aromatic heterocycles. The number of aromatic amines is 2. The van der Waals surface area contributed by atoms with Gasteiger partial charge in [0.25, 0.3) is 0 Å². The predicted molar refractivity (Wildman–Crippen MR) is 69.0 cm³/mol. The number of rotatable bonds is 1. The third kappa shape index (κ3) is 1.31. The summed E-state index contributed by atoms with van der Waals surface area (Å²) < 4.78 is 0. The van der Waals surface area contributed by atoms with Crippen molar-refractivity contribution in [3.8, 4) is 11.4 Å². The average molecular weight is 235 g/mol. The minimum atomic E-state index is 0.803. The molecule has 0 spiro atoms. The molecule has 0 radical (unpaired) electrons. The van der Waals surface area contributed by atoms with Gasteiger partial charge in [0.1, 0.15) is 11.3 Å². The van der Waals surface area contributed by atoms with Crippen LogP contribution in [0.15, 0.2) is 42.9 Å². The van der Waals surface area contributed by atoms with E-state index in [4.69, 9.17) is 0 Å². The van der Waals surface area contributed by atoms with E-state index in [0.717, 1.165) is 33.6 Å². The molecule has 0 fully saturated rings. The first-order valence-corrected chi connectivity index (χ1v) is 5.64. The Morgan fingerprint density at radius 1 is 1.00 bits per heavy atom. The zero-order valence-electron chi connectivity index (χ0n) is 9.38. The second-order valence-corrected chi connectivity index (χ2v) is 4.09. The number of pyridine rings is 1. The van der Waals surface area contributed by atoms with Gasteiger partial charge < -0.3 is 9.97 Å². The second-order valence-electron chi connectivity index (χ2n) is 4.09. The molecule has 0 aliphatic rings. The lowest BCUT2D eigenvalue weighted by atomic mass is 10.2. The highest BCUT2D eigenvalue weighted by molar-refractivity contribution is 5.82. The fraction of sp³-hybridized carbons (Fsp3) is 0. The minimum absolute atomic E-state index is 0.803. The number of imidazole rings is 2. The second kappa shape index (κ2) is 3.40. The maximum absolute atomic E-state index is 4.52. The molecule has 86 valence electrons. The van der Waals surface area contributed by atoms with Crippen LogP contribution in [0.25, 0.3) is 33.6 Å². The Labute approximate surface area is 102 Å². The van der Waals surface area contributed by atoms with Crippen molar-refractivity contribution in [3.63, 3.8) is 0 Å². The molecule has 0 atom stereocenters. The van der Waals surface area contributed by atoms with Crippen molar-refractivity contribution in [1.29, 1.82) is 0 Å². The van der Waals surface area contributed by atoms with Crippen LogP contribution in [0.5, 0.6) is 0 Å². The lowest BCUT2D eigenvalue weighted by Crippen LogP contribution is -1.80. The number of hydrogen-bond acceptors (Lipinski definition) is 3. The lowest BCUT2D eigenvalue weighted by molar-refractivity contribution is 1.30. The Morgan fingerprint density at radius 2 is 2.00 bits per heavy atom. The summed E-state index contributed by atoms with van der Waals surface area (Å²) in [6, 6.07) is 9.82. The zero-order chi connectivity index (χ0) is 11.9. The number of fused-ring (bicyclic) bond motifs is 2. The van der Waals surface area contributed by atoms with E-state index in [2.05, 4.69) is 24.9 Å². The molecule has 0 saturated carbocycles. The summed E-state index contributed by atoms with van der Waals surface area (Å²) in [6.45, 7) is 0. The van der Waals surface area contributed by atoms with Gasteiger partial charge in [0.05, 0.1) is 17.4 Å². The predicted octanol–water partition coefficient (Wildman–Crippen LogP) is 2.50. The molecular formula is C13H9N5. The number of benzene rings is 1. The fourth-order valence-corrected chi connectivity index (χ4v) is 2.06. The molecule has 0 amide bonds. The van der Waals surface area contributed by atoms with Gasteiger partial charge >= 0.3 is 0 Å². The highest BCUT2D eigenvalue weighted by atomic mass is 15.0. The Hall–Kier alpha value is -2.69. The van der Waals surface area contributed by atoms with Crippen molar-refractivity contribution in [2.24, 2.45) is 0 Å². The van der Waals surface area contributed by atoms with E-state index < -0.39 is 0 Å². The maximum Gasteiger partial charge on any atom is 0.157 e. The third-order valence-electron chi connectivity index (χ3n) is 2.95. The molecule has 5 heteroatoms. The van der Waals surface area contributed by atoms with E-state index >= 15 is 0 Å². The number of nitrogens with one attached hydrogen (secondary N) is 2. The average Bonchev–Trinajstić information content (AvgIpc) is 3.04. The van der Waals surface area contributed by atoms with E-state index in [1.54, 1.807) is 12.5 Å².